The fourth-order valence-corrected chi connectivity index (χ4v) is 3.18. The summed E-state index contributed by atoms with van der Waals surface area (Å²) in [5, 5.41) is 4.01. The van der Waals surface area contributed by atoms with Crippen molar-refractivity contribution in [3.63, 3.8) is 0 Å². The summed E-state index contributed by atoms with van der Waals surface area (Å²) in [6, 6.07) is 18.6. The molecule has 194 valence electrons. The van der Waals surface area contributed by atoms with Crippen LogP contribution in [0.15, 0.2) is 71.8 Å². The van der Waals surface area contributed by atoms with E-state index in [1.54, 1.807) is 66.7 Å². The Kier molecular flexibility index (Phi) is 10.5. The van der Waals surface area contributed by atoms with Gasteiger partial charge < -0.3 is 18.9 Å². The van der Waals surface area contributed by atoms with Crippen molar-refractivity contribution < 1.29 is 28.5 Å². The van der Waals surface area contributed by atoms with E-state index < -0.39 is 5.97 Å². The number of benzene rings is 3. The highest BCUT2D eigenvalue weighted by molar-refractivity contribution is 5.95. The summed E-state index contributed by atoms with van der Waals surface area (Å²) in [6.07, 6.45) is 4.42. The maximum absolute atomic E-state index is 12.6. The number of ether oxygens (including phenoxy) is 4. The van der Waals surface area contributed by atoms with E-state index in [1.807, 2.05) is 6.92 Å². The van der Waals surface area contributed by atoms with Crippen LogP contribution in [0, 0.1) is 0 Å². The number of hydrogen-bond donors (Lipinski definition) is 1. The number of amides is 1. The zero-order valence-corrected chi connectivity index (χ0v) is 21.4. The molecular formula is C29H32N2O6. The average Bonchev–Trinajstić information content (AvgIpc) is 2.93. The molecule has 0 unspecified atom stereocenters. The lowest BCUT2D eigenvalue weighted by molar-refractivity contribution is 0.0729. The van der Waals surface area contributed by atoms with Crippen molar-refractivity contribution in [3.8, 4) is 23.0 Å². The maximum atomic E-state index is 12.6. The lowest BCUT2D eigenvalue weighted by Gasteiger charge is -2.10. The van der Waals surface area contributed by atoms with E-state index in [0.29, 0.717) is 41.4 Å². The van der Waals surface area contributed by atoms with Crippen molar-refractivity contribution in [1.29, 1.82) is 0 Å². The minimum absolute atomic E-state index is 0.265. The van der Waals surface area contributed by atoms with Crippen LogP contribution in [0.4, 0.5) is 0 Å². The third-order valence-corrected chi connectivity index (χ3v) is 5.22. The monoisotopic (exact) mass is 504 g/mol. The zero-order chi connectivity index (χ0) is 26.5. The summed E-state index contributed by atoms with van der Waals surface area (Å²) in [5.41, 5.74) is 3.99. The summed E-state index contributed by atoms with van der Waals surface area (Å²) in [6.45, 7) is 5.39. The summed E-state index contributed by atoms with van der Waals surface area (Å²) < 4.78 is 22.0. The first kappa shape index (κ1) is 27.3. The van der Waals surface area contributed by atoms with Gasteiger partial charge in [-0.25, -0.2) is 10.2 Å². The molecule has 0 saturated heterocycles. The van der Waals surface area contributed by atoms with E-state index in [9.17, 15) is 9.59 Å². The Labute approximate surface area is 217 Å². The van der Waals surface area contributed by atoms with Crippen LogP contribution in [0.5, 0.6) is 23.0 Å². The molecule has 3 rings (SSSR count). The molecule has 8 heteroatoms. The molecule has 0 heterocycles. The minimum Gasteiger partial charge on any atom is -0.494 e. The Bertz CT molecular complexity index is 1190. The standard InChI is InChI=1S/C29H32N2O6/c1-4-6-18-36-25-12-8-22(9-13-25)28(32)31-30-20-21-7-16-26(27(19-21)34-3)37-29(33)23-10-14-24(15-11-23)35-17-5-2/h7-16,19-20H,4-6,17-18H2,1-3H3,(H,31,32)/b30-20+. The van der Waals surface area contributed by atoms with Gasteiger partial charge in [0.05, 0.1) is 32.1 Å². The fraction of sp³-hybridized carbons (Fsp3) is 0.276. The molecule has 1 N–H and O–H groups in total. The number of hydrazone groups is 1. The van der Waals surface area contributed by atoms with Crippen LogP contribution in [-0.4, -0.2) is 38.4 Å². The zero-order valence-electron chi connectivity index (χ0n) is 21.4. The maximum Gasteiger partial charge on any atom is 0.343 e. The minimum atomic E-state index is -0.518. The smallest absolute Gasteiger partial charge is 0.343 e. The van der Waals surface area contributed by atoms with Crippen molar-refractivity contribution in [2.75, 3.05) is 20.3 Å². The van der Waals surface area contributed by atoms with Crippen LogP contribution in [-0.2, 0) is 0 Å². The third-order valence-electron chi connectivity index (χ3n) is 5.22. The molecule has 3 aromatic rings. The molecule has 0 aliphatic carbocycles. The summed E-state index contributed by atoms with van der Waals surface area (Å²) >= 11 is 0. The van der Waals surface area contributed by atoms with Gasteiger partial charge in [-0.1, -0.05) is 20.3 Å². The van der Waals surface area contributed by atoms with Crippen molar-refractivity contribution in [2.24, 2.45) is 5.10 Å². The molecule has 0 saturated carbocycles. The predicted molar refractivity (Wildman–Crippen MR) is 142 cm³/mol. The second kappa shape index (κ2) is 14.3. The normalized spacial score (nSPS) is 10.7. The highest BCUT2D eigenvalue weighted by Gasteiger charge is 2.13. The first-order chi connectivity index (χ1) is 18.0. The number of carbonyl (C=O) groups is 2. The molecule has 1 amide bonds. The van der Waals surface area contributed by atoms with Crippen molar-refractivity contribution in [3.05, 3.63) is 83.4 Å². The molecule has 0 atom stereocenters. The van der Waals surface area contributed by atoms with E-state index in [4.69, 9.17) is 18.9 Å². The number of carbonyl (C=O) groups excluding carboxylic acids is 2. The molecule has 0 radical (unpaired) electrons. The molecule has 8 nitrogen and oxygen atoms in total. The Balaban J connectivity index is 1.57. The first-order valence-corrected chi connectivity index (χ1v) is 12.2. The number of unbranched alkanes of at least 4 members (excludes halogenated alkanes) is 1. The molecule has 3 aromatic carbocycles. The van der Waals surface area contributed by atoms with Gasteiger partial charge in [-0.2, -0.15) is 5.10 Å². The number of rotatable bonds is 13. The molecule has 0 bridgehead atoms. The van der Waals surface area contributed by atoms with E-state index in [0.717, 1.165) is 25.0 Å². The van der Waals surface area contributed by atoms with Crippen molar-refractivity contribution in [1.82, 2.24) is 5.43 Å². The van der Waals surface area contributed by atoms with Crippen molar-refractivity contribution >= 4 is 18.1 Å². The van der Waals surface area contributed by atoms with Crippen LogP contribution in [0.3, 0.4) is 0 Å². The van der Waals surface area contributed by atoms with Crippen molar-refractivity contribution in [2.45, 2.75) is 33.1 Å². The van der Waals surface area contributed by atoms with Gasteiger partial charge in [0, 0.05) is 5.56 Å². The Morgan fingerprint density at radius 1 is 0.811 bits per heavy atom. The number of methoxy groups -OCH3 is 1. The molecule has 0 aliphatic rings. The van der Waals surface area contributed by atoms with E-state index in [-0.39, 0.29) is 11.7 Å². The van der Waals surface area contributed by atoms with Gasteiger partial charge in [0.25, 0.3) is 5.91 Å². The van der Waals surface area contributed by atoms with E-state index >= 15 is 0 Å². The predicted octanol–water partition coefficient (Wildman–Crippen LogP) is 5.65. The van der Waals surface area contributed by atoms with E-state index in [1.165, 1.54) is 13.3 Å². The van der Waals surface area contributed by atoms with Gasteiger partial charge in [-0.05, 0) is 85.1 Å². The van der Waals surface area contributed by atoms with Crippen LogP contribution in [0.2, 0.25) is 0 Å². The lowest BCUT2D eigenvalue weighted by atomic mass is 10.2. The Hall–Kier alpha value is -4.33. The van der Waals surface area contributed by atoms with Gasteiger partial charge in [0.15, 0.2) is 11.5 Å². The average molecular weight is 505 g/mol. The quantitative estimate of drug-likeness (QED) is 0.106. The first-order valence-electron chi connectivity index (χ1n) is 12.2. The van der Waals surface area contributed by atoms with Crippen LogP contribution in [0.25, 0.3) is 0 Å². The second-order valence-corrected chi connectivity index (χ2v) is 8.10. The summed E-state index contributed by atoms with van der Waals surface area (Å²) in [5.74, 6) is 1.17. The number of nitrogens with one attached hydrogen (secondary N) is 1. The number of esters is 1. The van der Waals surface area contributed by atoms with Crippen LogP contribution < -0.4 is 24.4 Å². The van der Waals surface area contributed by atoms with Gasteiger partial charge >= 0.3 is 5.97 Å². The summed E-state index contributed by atoms with van der Waals surface area (Å²) in [4.78, 5) is 24.9. The fourth-order valence-electron chi connectivity index (χ4n) is 3.18. The number of hydrogen-bond acceptors (Lipinski definition) is 7. The summed E-state index contributed by atoms with van der Waals surface area (Å²) in [7, 11) is 1.48. The topological polar surface area (TPSA) is 95.5 Å². The molecule has 0 spiro atoms. The van der Waals surface area contributed by atoms with Gasteiger partial charge in [0.1, 0.15) is 11.5 Å². The number of nitrogens with zero attached hydrogens (tertiary/aromatic N) is 1. The molecule has 0 aliphatic heterocycles. The van der Waals surface area contributed by atoms with Gasteiger partial charge in [0.2, 0.25) is 0 Å². The molecule has 0 fully saturated rings. The molecular weight excluding hydrogens is 472 g/mol. The second-order valence-electron chi connectivity index (χ2n) is 8.10. The Morgan fingerprint density at radius 3 is 2.08 bits per heavy atom. The SMILES string of the molecule is CCCCOc1ccc(C(=O)N/N=C/c2ccc(OC(=O)c3ccc(OCCC)cc3)c(OC)c2)cc1. The molecule has 37 heavy (non-hydrogen) atoms. The highest BCUT2D eigenvalue weighted by Crippen LogP contribution is 2.28. The van der Waals surface area contributed by atoms with Gasteiger partial charge in [-0.15, -0.1) is 0 Å². The largest absolute Gasteiger partial charge is 0.494 e. The lowest BCUT2D eigenvalue weighted by Crippen LogP contribution is -2.17. The highest BCUT2D eigenvalue weighted by atomic mass is 16.6. The van der Waals surface area contributed by atoms with Crippen LogP contribution in [0.1, 0.15) is 59.4 Å². The van der Waals surface area contributed by atoms with Crippen LogP contribution >= 0.6 is 0 Å². The third kappa shape index (κ3) is 8.38. The van der Waals surface area contributed by atoms with E-state index in [2.05, 4.69) is 17.5 Å². The molecule has 0 aromatic heterocycles. The Morgan fingerprint density at radius 2 is 1.46 bits per heavy atom. The van der Waals surface area contributed by atoms with Gasteiger partial charge in [-0.3, -0.25) is 4.79 Å².